The Morgan fingerprint density at radius 3 is 2.29 bits per heavy atom. The summed E-state index contributed by atoms with van der Waals surface area (Å²) < 4.78 is 42.5. The van der Waals surface area contributed by atoms with Crippen molar-refractivity contribution in [1.82, 2.24) is 4.90 Å². The molecule has 0 aliphatic rings. The third-order valence-corrected chi connectivity index (χ3v) is 3.53. The number of ether oxygens (including phenoxy) is 1. The van der Waals surface area contributed by atoms with Crippen molar-refractivity contribution in [3.63, 3.8) is 0 Å². The molecule has 1 aromatic rings. The molecule has 8 heteroatoms. The number of hydrogen-bond donors (Lipinski definition) is 1. The van der Waals surface area contributed by atoms with Gasteiger partial charge in [-0.05, 0) is 23.6 Å². The quantitative estimate of drug-likeness (QED) is 0.785. The van der Waals surface area contributed by atoms with Crippen LogP contribution in [0.25, 0.3) is 0 Å². The highest BCUT2D eigenvalue weighted by molar-refractivity contribution is 5.81. The maximum atomic E-state index is 12.5. The zero-order valence-electron chi connectivity index (χ0n) is 13.5. The molecule has 0 aliphatic carbocycles. The first-order chi connectivity index (χ1) is 11.1. The summed E-state index contributed by atoms with van der Waals surface area (Å²) in [5, 5.41) is 8.85. The third-order valence-electron chi connectivity index (χ3n) is 3.53. The second-order valence-corrected chi connectivity index (χ2v) is 5.43. The highest BCUT2D eigenvalue weighted by atomic mass is 19.4. The number of carboxylic acid groups (broad SMARTS) is 1. The van der Waals surface area contributed by atoms with Crippen molar-refractivity contribution >= 4 is 11.9 Å². The Morgan fingerprint density at radius 1 is 1.25 bits per heavy atom. The number of amides is 1. The number of rotatable bonds is 8. The first kappa shape index (κ1) is 20.0. The molecule has 0 radical (unpaired) electrons. The Bertz CT molecular complexity index is 557. The van der Waals surface area contributed by atoms with E-state index in [2.05, 4.69) is 0 Å². The number of alkyl halides is 3. The first-order valence-corrected chi connectivity index (χ1v) is 7.30. The van der Waals surface area contributed by atoms with Crippen LogP contribution in [0.15, 0.2) is 24.3 Å². The predicted octanol–water partition coefficient (Wildman–Crippen LogP) is 2.76. The Hall–Kier alpha value is -2.09. The minimum atomic E-state index is -4.41. The fraction of sp³-hybridized carbons (Fsp3) is 0.500. The molecule has 0 aliphatic heterocycles. The maximum Gasteiger partial charge on any atom is 0.416 e. The number of carbonyl (C=O) groups excluding carboxylic acids is 1. The number of carboxylic acids is 1. The van der Waals surface area contributed by atoms with E-state index in [1.165, 1.54) is 19.2 Å². The van der Waals surface area contributed by atoms with Gasteiger partial charge in [0.1, 0.15) is 6.54 Å². The normalized spacial score (nSPS) is 12.7. The van der Waals surface area contributed by atoms with E-state index < -0.39 is 24.3 Å². The number of methoxy groups -OCH3 is 1. The highest BCUT2D eigenvalue weighted by Crippen LogP contribution is 2.30. The average molecular weight is 347 g/mol. The lowest BCUT2D eigenvalue weighted by atomic mass is 9.96. The second kappa shape index (κ2) is 8.68. The van der Waals surface area contributed by atoms with Gasteiger partial charge >= 0.3 is 12.1 Å². The molecular weight excluding hydrogens is 327 g/mol. The van der Waals surface area contributed by atoms with Gasteiger partial charge in [0.15, 0.2) is 0 Å². The number of benzene rings is 1. The number of nitrogens with zero attached hydrogens (tertiary/aromatic N) is 1. The lowest BCUT2D eigenvalue weighted by molar-refractivity contribution is -0.145. The molecule has 24 heavy (non-hydrogen) atoms. The molecule has 0 saturated heterocycles. The minimum Gasteiger partial charge on any atom is -0.480 e. The number of carbonyl (C=O) groups is 2. The van der Waals surface area contributed by atoms with Crippen molar-refractivity contribution in [2.45, 2.75) is 25.4 Å². The fourth-order valence-electron chi connectivity index (χ4n) is 2.17. The largest absolute Gasteiger partial charge is 0.480 e. The van der Waals surface area contributed by atoms with E-state index in [1.54, 1.807) is 6.92 Å². The third kappa shape index (κ3) is 6.19. The maximum absolute atomic E-state index is 12.5. The van der Waals surface area contributed by atoms with Crippen molar-refractivity contribution in [3.05, 3.63) is 35.4 Å². The van der Waals surface area contributed by atoms with Crippen LogP contribution >= 0.6 is 0 Å². The summed E-state index contributed by atoms with van der Waals surface area (Å²) in [6, 6.07) is 4.60. The van der Waals surface area contributed by atoms with Crippen LogP contribution in [0.1, 0.15) is 30.4 Å². The Morgan fingerprint density at radius 2 is 1.83 bits per heavy atom. The Labute approximate surface area is 138 Å². The molecule has 134 valence electrons. The average Bonchev–Trinajstić information content (AvgIpc) is 2.50. The van der Waals surface area contributed by atoms with Gasteiger partial charge < -0.3 is 14.7 Å². The Kier molecular flexibility index (Phi) is 7.21. The lowest BCUT2D eigenvalue weighted by Crippen LogP contribution is -2.38. The van der Waals surface area contributed by atoms with E-state index >= 15 is 0 Å². The van der Waals surface area contributed by atoms with Gasteiger partial charge in [-0.1, -0.05) is 19.1 Å². The summed E-state index contributed by atoms with van der Waals surface area (Å²) >= 11 is 0. The highest BCUT2D eigenvalue weighted by Gasteiger charge is 2.30. The molecule has 0 fully saturated rings. The molecule has 0 saturated carbocycles. The van der Waals surface area contributed by atoms with Gasteiger partial charge in [0.25, 0.3) is 0 Å². The van der Waals surface area contributed by atoms with Crippen LogP contribution in [0.4, 0.5) is 13.2 Å². The zero-order valence-corrected chi connectivity index (χ0v) is 13.5. The molecule has 0 spiro atoms. The van der Waals surface area contributed by atoms with Crippen molar-refractivity contribution in [2.24, 2.45) is 0 Å². The minimum absolute atomic E-state index is 0.00234. The molecule has 5 nitrogen and oxygen atoms in total. The molecule has 0 aromatic heterocycles. The van der Waals surface area contributed by atoms with Gasteiger partial charge in [-0.15, -0.1) is 0 Å². The standard InChI is InChI=1S/C16H20F3NO4/c1-11(12-3-5-13(6-4-12)16(17,18)19)9-14(21)20(7-8-24-2)10-15(22)23/h3-6,11H,7-10H2,1-2H3,(H,22,23). The lowest BCUT2D eigenvalue weighted by Gasteiger charge is -2.22. The van der Waals surface area contributed by atoms with Crippen LogP contribution in [0, 0.1) is 0 Å². The molecule has 1 atom stereocenters. The van der Waals surface area contributed by atoms with Crippen LogP contribution < -0.4 is 0 Å². The Balaban J connectivity index is 2.74. The zero-order chi connectivity index (χ0) is 18.3. The molecule has 1 amide bonds. The summed E-state index contributed by atoms with van der Waals surface area (Å²) in [7, 11) is 1.44. The summed E-state index contributed by atoms with van der Waals surface area (Å²) in [6.45, 7) is 1.60. The molecule has 1 rings (SSSR count). The van der Waals surface area contributed by atoms with Crippen LogP contribution in [0.2, 0.25) is 0 Å². The molecular formula is C16H20F3NO4. The van der Waals surface area contributed by atoms with Crippen molar-refractivity contribution in [3.8, 4) is 0 Å². The number of halogens is 3. The van der Waals surface area contributed by atoms with Crippen molar-refractivity contribution < 1.29 is 32.6 Å². The van der Waals surface area contributed by atoms with Gasteiger partial charge in [-0.25, -0.2) is 0 Å². The van der Waals surface area contributed by atoms with Crippen LogP contribution in [-0.4, -0.2) is 48.7 Å². The first-order valence-electron chi connectivity index (χ1n) is 7.30. The van der Waals surface area contributed by atoms with E-state index in [9.17, 15) is 22.8 Å². The van der Waals surface area contributed by atoms with Crippen LogP contribution in [0.3, 0.4) is 0 Å². The number of aliphatic carboxylic acids is 1. The summed E-state index contributed by atoms with van der Waals surface area (Å²) in [4.78, 5) is 24.2. The topological polar surface area (TPSA) is 66.8 Å². The molecule has 0 bridgehead atoms. The monoisotopic (exact) mass is 347 g/mol. The van der Waals surface area contributed by atoms with Crippen LogP contribution in [-0.2, 0) is 20.5 Å². The van der Waals surface area contributed by atoms with Gasteiger partial charge in [-0.3, -0.25) is 9.59 Å². The summed E-state index contributed by atoms with van der Waals surface area (Å²) in [5.41, 5.74) is -0.171. The van der Waals surface area contributed by atoms with E-state index in [4.69, 9.17) is 9.84 Å². The van der Waals surface area contributed by atoms with Crippen molar-refractivity contribution in [2.75, 3.05) is 26.8 Å². The molecule has 1 N–H and O–H groups in total. The van der Waals surface area contributed by atoms with E-state index in [0.29, 0.717) is 5.56 Å². The smallest absolute Gasteiger partial charge is 0.416 e. The SMILES string of the molecule is COCCN(CC(=O)O)C(=O)CC(C)c1ccc(C(F)(F)F)cc1. The van der Waals surface area contributed by atoms with E-state index in [1.807, 2.05) is 0 Å². The van der Waals surface area contributed by atoms with Gasteiger partial charge in [-0.2, -0.15) is 13.2 Å². The molecule has 1 aromatic carbocycles. The summed E-state index contributed by atoms with van der Waals surface area (Å²) in [6.07, 6.45) is -4.40. The van der Waals surface area contributed by atoms with Crippen molar-refractivity contribution in [1.29, 1.82) is 0 Å². The second-order valence-electron chi connectivity index (χ2n) is 5.43. The molecule has 1 unspecified atom stereocenters. The van der Waals surface area contributed by atoms with Gasteiger partial charge in [0.05, 0.1) is 12.2 Å². The van der Waals surface area contributed by atoms with Gasteiger partial charge in [0, 0.05) is 20.1 Å². The molecule has 0 heterocycles. The fourth-order valence-corrected chi connectivity index (χ4v) is 2.17. The van der Waals surface area contributed by atoms with Gasteiger partial charge in [0.2, 0.25) is 5.91 Å². The van der Waals surface area contributed by atoms with Crippen LogP contribution in [0.5, 0.6) is 0 Å². The summed E-state index contributed by atoms with van der Waals surface area (Å²) in [5.74, 6) is -1.86. The van der Waals surface area contributed by atoms with E-state index in [-0.39, 0.29) is 31.4 Å². The number of hydrogen-bond acceptors (Lipinski definition) is 3. The van der Waals surface area contributed by atoms with E-state index in [0.717, 1.165) is 17.0 Å². The predicted molar refractivity (Wildman–Crippen MR) is 80.6 cm³/mol.